The summed E-state index contributed by atoms with van der Waals surface area (Å²) in [5.41, 5.74) is 6.90. The molecule has 0 saturated carbocycles. The first-order valence-corrected chi connectivity index (χ1v) is 6.77. The van der Waals surface area contributed by atoms with E-state index in [1.165, 1.54) is 0 Å². The van der Waals surface area contributed by atoms with Crippen LogP contribution in [0.4, 0.5) is 0 Å². The Balaban J connectivity index is 2.28. The van der Waals surface area contributed by atoms with E-state index in [1.807, 2.05) is 49.4 Å². The van der Waals surface area contributed by atoms with Gasteiger partial charge in [0, 0.05) is 6.04 Å². The average molecular weight is 322 g/mol. The second kappa shape index (κ2) is 6.08. The zero-order chi connectivity index (χ0) is 13.8. The minimum Gasteiger partial charge on any atom is -0.493 e. The molecule has 0 heterocycles. The number of nitrogens with two attached hydrogens (primary N) is 1. The Morgan fingerprint density at radius 3 is 2.32 bits per heavy atom. The molecule has 0 bridgehead atoms. The molecule has 0 radical (unpaired) electrons. The largest absolute Gasteiger partial charge is 0.493 e. The molecule has 0 aliphatic rings. The normalized spacial score (nSPS) is 12.0. The van der Waals surface area contributed by atoms with Crippen LogP contribution < -0.4 is 15.2 Å². The van der Waals surface area contributed by atoms with E-state index < -0.39 is 0 Å². The van der Waals surface area contributed by atoms with E-state index in [0.29, 0.717) is 11.5 Å². The van der Waals surface area contributed by atoms with Crippen molar-refractivity contribution in [2.24, 2.45) is 5.73 Å². The Hall–Kier alpha value is -1.52. The maximum absolute atomic E-state index is 5.85. The summed E-state index contributed by atoms with van der Waals surface area (Å²) in [6, 6.07) is 13.4. The molecular weight excluding hydrogens is 306 g/mol. The van der Waals surface area contributed by atoms with E-state index in [1.54, 1.807) is 7.11 Å². The molecule has 0 aliphatic heterocycles. The fourth-order valence-corrected chi connectivity index (χ4v) is 2.18. The van der Waals surface area contributed by atoms with E-state index in [4.69, 9.17) is 15.2 Å². The number of benzene rings is 2. The summed E-state index contributed by atoms with van der Waals surface area (Å²) in [4.78, 5) is 0. The maximum atomic E-state index is 5.85. The van der Waals surface area contributed by atoms with Crippen LogP contribution in [0.1, 0.15) is 18.5 Å². The quantitative estimate of drug-likeness (QED) is 0.914. The molecule has 0 unspecified atom stereocenters. The minimum absolute atomic E-state index is 0.00314. The van der Waals surface area contributed by atoms with Crippen LogP contribution in [0.3, 0.4) is 0 Å². The number of rotatable bonds is 4. The van der Waals surface area contributed by atoms with Crippen molar-refractivity contribution < 1.29 is 9.47 Å². The number of para-hydroxylation sites is 2. The molecule has 0 saturated heterocycles. The van der Waals surface area contributed by atoms with Crippen molar-refractivity contribution in [2.45, 2.75) is 13.0 Å². The van der Waals surface area contributed by atoms with Crippen molar-refractivity contribution in [1.29, 1.82) is 0 Å². The zero-order valence-electron chi connectivity index (χ0n) is 10.9. The fourth-order valence-electron chi connectivity index (χ4n) is 1.70. The molecule has 3 nitrogen and oxygen atoms in total. The Kier molecular flexibility index (Phi) is 4.45. The van der Waals surface area contributed by atoms with E-state index >= 15 is 0 Å². The van der Waals surface area contributed by atoms with Gasteiger partial charge in [-0.05, 0) is 52.7 Å². The van der Waals surface area contributed by atoms with Crippen LogP contribution in [0, 0.1) is 0 Å². The topological polar surface area (TPSA) is 44.5 Å². The van der Waals surface area contributed by atoms with Crippen LogP contribution in [-0.4, -0.2) is 7.11 Å². The van der Waals surface area contributed by atoms with Crippen molar-refractivity contribution in [2.75, 3.05) is 7.11 Å². The molecule has 1 atom stereocenters. The molecule has 100 valence electrons. The molecule has 0 spiro atoms. The molecule has 2 N–H and O–H groups in total. The molecule has 0 aromatic heterocycles. The Morgan fingerprint density at radius 2 is 1.74 bits per heavy atom. The zero-order valence-corrected chi connectivity index (χ0v) is 12.5. The third-order valence-electron chi connectivity index (χ3n) is 2.77. The molecule has 2 aromatic rings. The van der Waals surface area contributed by atoms with Crippen molar-refractivity contribution in [1.82, 2.24) is 0 Å². The first kappa shape index (κ1) is 13.9. The molecule has 4 heteroatoms. The van der Waals surface area contributed by atoms with E-state index in [-0.39, 0.29) is 6.04 Å². The van der Waals surface area contributed by atoms with Crippen molar-refractivity contribution >= 4 is 15.9 Å². The third kappa shape index (κ3) is 3.28. The van der Waals surface area contributed by atoms with E-state index in [9.17, 15) is 0 Å². The molecule has 0 amide bonds. The van der Waals surface area contributed by atoms with Gasteiger partial charge in [-0.2, -0.15) is 0 Å². The predicted molar refractivity (Wildman–Crippen MR) is 79.8 cm³/mol. The Labute approximate surface area is 121 Å². The predicted octanol–water partition coefficient (Wildman–Crippen LogP) is 4.27. The summed E-state index contributed by atoms with van der Waals surface area (Å²) in [5, 5.41) is 0. The highest BCUT2D eigenvalue weighted by Crippen LogP contribution is 2.35. The van der Waals surface area contributed by atoms with Crippen LogP contribution in [-0.2, 0) is 0 Å². The fraction of sp³-hybridized carbons (Fsp3) is 0.200. The van der Waals surface area contributed by atoms with Gasteiger partial charge in [-0.1, -0.05) is 18.2 Å². The van der Waals surface area contributed by atoms with Gasteiger partial charge in [0.15, 0.2) is 11.5 Å². The van der Waals surface area contributed by atoms with E-state index in [2.05, 4.69) is 15.9 Å². The first-order chi connectivity index (χ1) is 9.11. The first-order valence-electron chi connectivity index (χ1n) is 5.97. The number of methoxy groups -OCH3 is 1. The number of hydrogen-bond donors (Lipinski definition) is 1. The van der Waals surface area contributed by atoms with Crippen molar-refractivity contribution in [3.8, 4) is 17.2 Å². The van der Waals surface area contributed by atoms with Gasteiger partial charge in [0.05, 0.1) is 11.6 Å². The van der Waals surface area contributed by atoms with Gasteiger partial charge in [0.25, 0.3) is 0 Å². The average Bonchev–Trinajstić information content (AvgIpc) is 2.41. The smallest absolute Gasteiger partial charge is 0.169 e. The van der Waals surface area contributed by atoms with Crippen molar-refractivity contribution in [3.05, 3.63) is 52.5 Å². The summed E-state index contributed by atoms with van der Waals surface area (Å²) >= 11 is 3.50. The van der Waals surface area contributed by atoms with Crippen LogP contribution >= 0.6 is 15.9 Å². The third-order valence-corrected chi connectivity index (χ3v) is 3.39. The summed E-state index contributed by atoms with van der Waals surface area (Å²) in [6.07, 6.45) is 0. The molecule has 2 rings (SSSR count). The second-order valence-electron chi connectivity index (χ2n) is 4.23. The summed E-state index contributed by atoms with van der Waals surface area (Å²) < 4.78 is 12.0. The Bertz CT molecular complexity index is 570. The second-order valence-corrected chi connectivity index (χ2v) is 5.09. The summed E-state index contributed by atoms with van der Waals surface area (Å²) in [5.74, 6) is 2.11. The van der Waals surface area contributed by atoms with Gasteiger partial charge < -0.3 is 15.2 Å². The van der Waals surface area contributed by atoms with Gasteiger partial charge in [0.2, 0.25) is 0 Å². The van der Waals surface area contributed by atoms with Crippen LogP contribution in [0.5, 0.6) is 17.2 Å². The van der Waals surface area contributed by atoms with Gasteiger partial charge in [0.1, 0.15) is 5.75 Å². The summed E-state index contributed by atoms with van der Waals surface area (Å²) in [7, 11) is 1.62. The van der Waals surface area contributed by atoms with Gasteiger partial charge in [-0.15, -0.1) is 0 Å². The van der Waals surface area contributed by atoms with Gasteiger partial charge in [-0.25, -0.2) is 0 Å². The van der Waals surface area contributed by atoms with Crippen LogP contribution in [0.15, 0.2) is 46.9 Å². The lowest BCUT2D eigenvalue weighted by Crippen LogP contribution is -2.04. The highest BCUT2D eigenvalue weighted by Gasteiger charge is 2.09. The van der Waals surface area contributed by atoms with Gasteiger partial charge >= 0.3 is 0 Å². The number of ether oxygens (including phenoxy) is 2. The van der Waals surface area contributed by atoms with Crippen LogP contribution in [0.2, 0.25) is 0 Å². The molecular formula is C15H16BrNO2. The lowest BCUT2D eigenvalue weighted by atomic mass is 10.1. The Morgan fingerprint density at radius 1 is 1.05 bits per heavy atom. The van der Waals surface area contributed by atoms with Crippen molar-refractivity contribution in [3.63, 3.8) is 0 Å². The SMILES string of the molecule is COc1ccccc1Oc1ccc([C@@H](C)N)cc1Br. The standard InChI is InChI=1S/C15H16BrNO2/c1-10(17)11-7-8-13(12(16)9-11)19-15-6-4-3-5-14(15)18-2/h3-10H,17H2,1-2H3/t10-/m1/s1. The lowest BCUT2D eigenvalue weighted by molar-refractivity contribution is 0.378. The maximum Gasteiger partial charge on any atom is 0.169 e. The molecule has 0 fully saturated rings. The summed E-state index contributed by atoms with van der Waals surface area (Å²) in [6.45, 7) is 1.95. The minimum atomic E-state index is -0.00314. The van der Waals surface area contributed by atoms with Crippen LogP contribution in [0.25, 0.3) is 0 Å². The van der Waals surface area contributed by atoms with E-state index in [0.717, 1.165) is 15.8 Å². The number of hydrogen-bond acceptors (Lipinski definition) is 3. The molecule has 0 aliphatic carbocycles. The highest BCUT2D eigenvalue weighted by atomic mass is 79.9. The monoisotopic (exact) mass is 321 g/mol. The molecule has 2 aromatic carbocycles. The lowest BCUT2D eigenvalue weighted by Gasteiger charge is -2.13. The van der Waals surface area contributed by atoms with Gasteiger partial charge in [-0.3, -0.25) is 0 Å². The highest BCUT2D eigenvalue weighted by molar-refractivity contribution is 9.10. The molecule has 19 heavy (non-hydrogen) atoms. The number of halogens is 1.